The first-order chi connectivity index (χ1) is 13.2. The number of amides is 1. The number of rotatable bonds is 3. The van der Waals surface area contributed by atoms with Gasteiger partial charge < -0.3 is 14.4 Å². The zero-order valence-electron chi connectivity index (χ0n) is 16.3. The molecule has 150 valence electrons. The van der Waals surface area contributed by atoms with Crippen LogP contribution in [0.1, 0.15) is 43.1 Å². The second kappa shape index (κ2) is 8.36. The summed E-state index contributed by atoms with van der Waals surface area (Å²) in [5.41, 5.74) is 2.88. The number of aromatic nitrogens is 1. The molecular formula is C20H23IN2O4S. The second-order valence-corrected chi connectivity index (χ2v) is 9.26. The standard InChI is InChI=1S/C20H23IN2O4S/c1-20(2,3)27-19(25)22-10-5-6-13(12-22)14-7-8-16(18(24)26-4)17-15(14)9-11-23(17)28-21/h6-9,11H,5,10,12H2,1-4H3. The highest BCUT2D eigenvalue weighted by atomic mass is 127. The number of ether oxygens (including phenoxy) is 2. The van der Waals surface area contributed by atoms with Crippen LogP contribution in [0.3, 0.4) is 0 Å². The maximum atomic E-state index is 12.5. The molecule has 0 aliphatic carbocycles. The van der Waals surface area contributed by atoms with Gasteiger partial charge in [0.05, 0.1) is 18.2 Å². The molecule has 6 nitrogen and oxygen atoms in total. The number of hydrogen-bond acceptors (Lipinski definition) is 5. The fourth-order valence-corrected chi connectivity index (χ4v) is 4.62. The minimum Gasteiger partial charge on any atom is -0.465 e. The number of esters is 1. The molecule has 1 aromatic carbocycles. The van der Waals surface area contributed by atoms with Crippen LogP contribution in [0.5, 0.6) is 0 Å². The van der Waals surface area contributed by atoms with Gasteiger partial charge >= 0.3 is 12.1 Å². The summed E-state index contributed by atoms with van der Waals surface area (Å²) in [5, 5.41) is 0.962. The van der Waals surface area contributed by atoms with Gasteiger partial charge in [-0.05, 0) is 50.5 Å². The summed E-state index contributed by atoms with van der Waals surface area (Å²) in [6, 6.07) is 5.72. The van der Waals surface area contributed by atoms with Crippen molar-refractivity contribution in [3.8, 4) is 0 Å². The first-order valence-corrected chi connectivity index (χ1v) is 12.3. The van der Waals surface area contributed by atoms with Crippen LogP contribution in [-0.2, 0) is 9.47 Å². The van der Waals surface area contributed by atoms with E-state index >= 15 is 0 Å². The summed E-state index contributed by atoms with van der Waals surface area (Å²) >= 11 is 2.18. The van der Waals surface area contributed by atoms with Crippen molar-refractivity contribution in [2.24, 2.45) is 0 Å². The highest BCUT2D eigenvalue weighted by Crippen LogP contribution is 2.34. The fraction of sp³-hybridized carbons (Fsp3) is 0.400. The third-order valence-electron chi connectivity index (χ3n) is 4.44. The molecule has 0 unspecified atom stereocenters. The van der Waals surface area contributed by atoms with E-state index in [0.717, 1.165) is 28.5 Å². The SMILES string of the molecule is COC(=O)c1ccc(C2=CCCN(C(=O)OC(C)(C)C)C2)c2ccn(SI)c12. The minimum atomic E-state index is -0.525. The number of fused-ring (bicyclic) bond motifs is 1. The molecule has 0 saturated carbocycles. The van der Waals surface area contributed by atoms with Gasteiger partial charge in [-0.3, -0.25) is 3.97 Å². The number of halogens is 1. The van der Waals surface area contributed by atoms with Crippen molar-refractivity contribution >= 4 is 58.9 Å². The molecule has 0 spiro atoms. The predicted molar refractivity (Wildman–Crippen MR) is 121 cm³/mol. The zero-order chi connectivity index (χ0) is 20.5. The summed E-state index contributed by atoms with van der Waals surface area (Å²) < 4.78 is 12.4. The normalized spacial score (nSPS) is 14.8. The van der Waals surface area contributed by atoms with E-state index in [1.165, 1.54) is 16.2 Å². The molecule has 2 aromatic rings. The van der Waals surface area contributed by atoms with Gasteiger partial charge in [0.1, 0.15) is 5.60 Å². The van der Waals surface area contributed by atoms with Crippen molar-refractivity contribution in [3.63, 3.8) is 0 Å². The molecule has 0 saturated heterocycles. The number of benzene rings is 1. The minimum absolute atomic E-state index is 0.305. The third-order valence-corrected chi connectivity index (χ3v) is 6.17. The van der Waals surface area contributed by atoms with E-state index in [1.54, 1.807) is 11.0 Å². The molecule has 0 fully saturated rings. The van der Waals surface area contributed by atoms with Gasteiger partial charge in [0, 0.05) is 55.0 Å². The molecule has 1 aromatic heterocycles. The van der Waals surface area contributed by atoms with E-state index in [9.17, 15) is 9.59 Å². The van der Waals surface area contributed by atoms with Crippen molar-refractivity contribution in [3.05, 3.63) is 41.6 Å². The Morgan fingerprint density at radius 1 is 1.21 bits per heavy atom. The molecule has 0 bridgehead atoms. The average molecular weight is 514 g/mol. The lowest BCUT2D eigenvalue weighted by atomic mass is 9.96. The summed E-state index contributed by atoms with van der Waals surface area (Å²) in [6.45, 7) is 6.71. The third kappa shape index (κ3) is 4.32. The van der Waals surface area contributed by atoms with Gasteiger partial charge in [0.2, 0.25) is 0 Å². The van der Waals surface area contributed by atoms with Gasteiger partial charge in [-0.1, -0.05) is 12.1 Å². The largest absolute Gasteiger partial charge is 0.465 e. The Morgan fingerprint density at radius 2 is 1.96 bits per heavy atom. The van der Waals surface area contributed by atoms with Gasteiger partial charge in [0.25, 0.3) is 0 Å². The first-order valence-electron chi connectivity index (χ1n) is 8.94. The molecule has 28 heavy (non-hydrogen) atoms. The van der Waals surface area contributed by atoms with Crippen molar-refractivity contribution in [1.29, 1.82) is 0 Å². The Kier molecular flexibility index (Phi) is 6.28. The number of methoxy groups -OCH3 is 1. The molecule has 2 heterocycles. The molecule has 0 radical (unpaired) electrons. The highest BCUT2D eigenvalue weighted by molar-refractivity contribution is 14.2. The molecule has 3 rings (SSSR count). The quantitative estimate of drug-likeness (QED) is 0.411. The molecule has 8 heteroatoms. The molecule has 1 aliphatic heterocycles. The van der Waals surface area contributed by atoms with Crippen LogP contribution >= 0.6 is 30.3 Å². The predicted octanol–water partition coefficient (Wildman–Crippen LogP) is 5.30. The lowest BCUT2D eigenvalue weighted by molar-refractivity contribution is 0.0273. The van der Waals surface area contributed by atoms with E-state index in [0.29, 0.717) is 18.7 Å². The van der Waals surface area contributed by atoms with E-state index in [2.05, 4.69) is 27.3 Å². The number of carbonyl (C=O) groups excluding carboxylic acids is 2. The average Bonchev–Trinajstić information content (AvgIpc) is 3.09. The Labute approximate surface area is 180 Å². The highest BCUT2D eigenvalue weighted by Gasteiger charge is 2.26. The van der Waals surface area contributed by atoms with Crippen LogP contribution in [0.2, 0.25) is 0 Å². The summed E-state index contributed by atoms with van der Waals surface area (Å²) in [4.78, 5) is 26.4. The Bertz CT molecular complexity index is 946. The van der Waals surface area contributed by atoms with Crippen LogP contribution in [-0.4, -0.2) is 46.7 Å². The van der Waals surface area contributed by atoms with Gasteiger partial charge in [-0.15, -0.1) is 0 Å². The van der Waals surface area contributed by atoms with Gasteiger partial charge in [-0.2, -0.15) is 0 Å². The van der Waals surface area contributed by atoms with E-state index in [1.807, 2.05) is 43.1 Å². The van der Waals surface area contributed by atoms with Crippen LogP contribution in [0, 0.1) is 0 Å². The van der Waals surface area contributed by atoms with Crippen LogP contribution in [0.25, 0.3) is 16.5 Å². The van der Waals surface area contributed by atoms with Crippen molar-refractivity contribution in [2.75, 3.05) is 20.2 Å². The zero-order valence-corrected chi connectivity index (χ0v) is 19.3. The fourth-order valence-electron chi connectivity index (χ4n) is 3.26. The first kappa shape index (κ1) is 21.0. The molecule has 0 atom stereocenters. The molecule has 0 N–H and O–H groups in total. The van der Waals surface area contributed by atoms with Crippen LogP contribution in [0.15, 0.2) is 30.5 Å². The van der Waals surface area contributed by atoms with E-state index in [4.69, 9.17) is 9.47 Å². The van der Waals surface area contributed by atoms with Gasteiger partial charge in [0.15, 0.2) is 0 Å². The number of carbonyl (C=O) groups is 2. The maximum Gasteiger partial charge on any atom is 0.410 e. The van der Waals surface area contributed by atoms with E-state index in [-0.39, 0.29) is 12.1 Å². The number of nitrogens with zero attached hydrogens (tertiary/aromatic N) is 2. The molecule has 1 aliphatic rings. The lowest BCUT2D eigenvalue weighted by Gasteiger charge is -2.30. The van der Waals surface area contributed by atoms with E-state index < -0.39 is 5.60 Å². The van der Waals surface area contributed by atoms with Crippen molar-refractivity contribution in [1.82, 2.24) is 8.87 Å². The van der Waals surface area contributed by atoms with Crippen LogP contribution in [0.4, 0.5) is 4.79 Å². The Hall–Kier alpha value is -1.68. The Morgan fingerprint density at radius 3 is 2.61 bits per heavy atom. The maximum absolute atomic E-state index is 12.5. The van der Waals surface area contributed by atoms with Crippen molar-refractivity contribution < 1.29 is 19.1 Å². The number of hydrogen-bond donors (Lipinski definition) is 0. The molecular weight excluding hydrogens is 491 g/mol. The van der Waals surface area contributed by atoms with Crippen molar-refractivity contribution in [2.45, 2.75) is 32.8 Å². The smallest absolute Gasteiger partial charge is 0.410 e. The second-order valence-electron chi connectivity index (χ2n) is 7.55. The Balaban J connectivity index is 1.98. The van der Waals surface area contributed by atoms with Gasteiger partial charge in [-0.25, -0.2) is 9.59 Å². The van der Waals surface area contributed by atoms with Crippen LogP contribution < -0.4 is 0 Å². The summed E-state index contributed by atoms with van der Waals surface area (Å²) in [5.74, 6) is -0.366. The lowest BCUT2D eigenvalue weighted by Crippen LogP contribution is -2.39. The monoisotopic (exact) mass is 514 g/mol. The molecule has 1 amide bonds. The summed E-state index contributed by atoms with van der Waals surface area (Å²) in [7, 11) is 2.87. The topological polar surface area (TPSA) is 60.8 Å². The summed E-state index contributed by atoms with van der Waals surface area (Å²) in [6.07, 6.45) is 4.55.